The number of hydrogen-bond donors (Lipinski definition) is 1. The van der Waals surface area contributed by atoms with Gasteiger partial charge in [-0.2, -0.15) is 0 Å². The molecule has 24 heavy (non-hydrogen) atoms. The number of methoxy groups -OCH3 is 1. The molecule has 0 saturated heterocycles. The number of hydrogen-bond acceptors (Lipinski definition) is 5. The summed E-state index contributed by atoms with van der Waals surface area (Å²) in [5.74, 6) is -1.32. The van der Waals surface area contributed by atoms with Gasteiger partial charge in [-0.3, -0.25) is 10.1 Å². The van der Waals surface area contributed by atoms with E-state index in [9.17, 15) is 14.0 Å². The van der Waals surface area contributed by atoms with E-state index in [2.05, 4.69) is 15.0 Å². The van der Waals surface area contributed by atoms with Gasteiger partial charge in [-0.05, 0) is 25.1 Å². The van der Waals surface area contributed by atoms with Crippen LogP contribution in [0.1, 0.15) is 25.9 Å². The predicted octanol–water partition coefficient (Wildman–Crippen LogP) is 3.12. The molecule has 124 valence electrons. The van der Waals surface area contributed by atoms with Crippen molar-refractivity contribution < 1.29 is 18.7 Å². The maximum Gasteiger partial charge on any atom is 0.350 e. The van der Waals surface area contributed by atoms with E-state index in [1.807, 2.05) is 0 Å². The molecule has 0 bridgehead atoms. The van der Waals surface area contributed by atoms with Crippen molar-refractivity contribution in [3.63, 3.8) is 0 Å². The van der Waals surface area contributed by atoms with E-state index >= 15 is 0 Å². The van der Waals surface area contributed by atoms with Gasteiger partial charge >= 0.3 is 5.97 Å². The van der Waals surface area contributed by atoms with Crippen molar-refractivity contribution in [2.24, 2.45) is 7.05 Å². The summed E-state index contributed by atoms with van der Waals surface area (Å²) in [7, 11) is 2.97. The van der Waals surface area contributed by atoms with Gasteiger partial charge in [-0.1, -0.05) is 17.4 Å². The van der Waals surface area contributed by atoms with Crippen LogP contribution in [-0.4, -0.2) is 28.5 Å². The second-order valence-corrected chi connectivity index (χ2v) is 6.14. The van der Waals surface area contributed by atoms with Gasteiger partial charge in [0.1, 0.15) is 16.4 Å². The molecule has 2 aromatic heterocycles. The van der Waals surface area contributed by atoms with Crippen LogP contribution in [0.15, 0.2) is 24.3 Å². The average molecular weight is 347 g/mol. The molecule has 0 aliphatic carbocycles. The van der Waals surface area contributed by atoms with Gasteiger partial charge in [-0.25, -0.2) is 14.2 Å². The number of esters is 1. The number of rotatable bonds is 3. The Morgan fingerprint density at radius 2 is 2.12 bits per heavy atom. The number of fused-ring (bicyclic) bond motifs is 1. The first kappa shape index (κ1) is 16.1. The summed E-state index contributed by atoms with van der Waals surface area (Å²) in [5, 5.41) is 3.29. The molecule has 3 aromatic rings. The number of anilines is 1. The Kier molecular flexibility index (Phi) is 4.06. The van der Waals surface area contributed by atoms with E-state index in [4.69, 9.17) is 0 Å². The first-order chi connectivity index (χ1) is 11.4. The largest absolute Gasteiger partial charge is 0.465 e. The molecule has 0 fully saturated rings. The summed E-state index contributed by atoms with van der Waals surface area (Å²) in [6.07, 6.45) is 0. The highest BCUT2D eigenvalue weighted by Crippen LogP contribution is 2.25. The van der Waals surface area contributed by atoms with E-state index in [1.54, 1.807) is 30.7 Å². The van der Waals surface area contributed by atoms with Crippen molar-refractivity contribution >= 4 is 39.2 Å². The highest BCUT2D eigenvalue weighted by atomic mass is 32.1. The van der Waals surface area contributed by atoms with Crippen LogP contribution < -0.4 is 5.32 Å². The third kappa shape index (κ3) is 2.65. The lowest BCUT2D eigenvalue weighted by atomic mass is 10.2. The fourth-order valence-corrected chi connectivity index (χ4v) is 3.31. The van der Waals surface area contributed by atoms with Crippen molar-refractivity contribution in [1.82, 2.24) is 9.55 Å². The Bertz CT molecular complexity index is 961. The third-order valence-corrected chi connectivity index (χ3v) is 4.71. The highest BCUT2D eigenvalue weighted by Gasteiger charge is 2.20. The average Bonchev–Trinajstić information content (AvgIpc) is 3.08. The Morgan fingerprint density at radius 1 is 1.38 bits per heavy atom. The van der Waals surface area contributed by atoms with Crippen LogP contribution in [0.5, 0.6) is 0 Å². The fraction of sp³-hybridized carbons (Fsp3) is 0.188. The summed E-state index contributed by atoms with van der Waals surface area (Å²) in [5.41, 5.74) is 1.39. The first-order valence-corrected chi connectivity index (χ1v) is 7.85. The second kappa shape index (κ2) is 6.04. The molecule has 0 saturated carbocycles. The Labute approximate surface area is 140 Å². The molecule has 1 aromatic carbocycles. The smallest absolute Gasteiger partial charge is 0.350 e. The summed E-state index contributed by atoms with van der Waals surface area (Å²) in [6.45, 7) is 1.66. The molecule has 2 heterocycles. The van der Waals surface area contributed by atoms with Crippen LogP contribution >= 0.6 is 11.3 Å². The van der Waals surface area contributed by atoms with E-state index in [0.29, 0.717) is 27.2 Å². The minimum Gasteiger partial charge on any atom is -0.465 e. The molecule has 0 radical (unpaired) electrons. The van der Waals surface area contributed by atoms with Gasteiger partial charge in [0, 0.05) is 12.4 Å². The Balaban J connectivity index is 1.92. The van der Waals surface area contributed by atoms with Crippen molar-refractivity contribution in [2.45, 2.75) is 6.92 Å². The number of halogens is 1. The topological polar surface area (TPSA) is 73.2 Å². The third-order valence-electron chi connectivity index (χ3n) is 3.65. The summed E-state index contributed by atoms with van der Waals surface area (Å²) < 4.78 is 20.1. The van der Waals surface area contributed by atoms with Crippen LogP contribution in [0.4, 0.5) is 9.52 Å². The number of thiazole rings is 1. The Morgan fingerprint density at radius 3 is 2.79 bits per heavy atom. The lowest BCUT2D eigenvalue weighted by Gasteiger charge is -2.03. The van der Waals surface area contributed by atoms with E-state index in [-0.39, 0.29) is 10.9 Å². The molecular formula is C16H14FN3O3S. The molecule has 0 unspecified atom stereocenters. The Hall–Kier alpha value is -2.74. The highest BCUT2D eigenvalue weighted by molar-refractivity contribution is 7.17. The normalized spacial score (nSPS) is 10.8. The van der Waals surface area contributed by atoms with Gasteiger partial charge in [0.2, 0.25) is 0 Å². The molecule has 1 amide bonds. The number of carbonyl (C=O) groups is 2. The molecule has 0 atom stereocenters. The van der Waals surface area contributed by atoms with Crippen LogP contribution in [0.3, 0.4) is 0 Å². The number of carbonyl (C=O) groups excluding carboxylic acids is 2. The number of aromatic nitrogens is 2. The number of amides is 1. The minimum atomic E-state index is -0.503. The van der Waals surface area contributed by atoms with Crippen molar-refractivity contribution in [2.75, 3.05) is 12.4 Å². The second-order valence-electron chi connectivity index (χ2n) is 5.14. The molecule has 0 spiro atoms. The zero-order valence-electron chi connectivity index (χ0n) is 13.2. The van der Waals surface area contributed by atoms with E-state index in [0.717, 1.165) is 11.3 Å². The predicted molar refractivity (Wildman–Crippen MR) is 89.0 cm³/mol. The van der Waals surface area contributed by atoms with Crippen LogP contribution in [0.25, 0.3) is 10.9 Å². The molecule has 1 N–H and O–H groups in total. The van der Waals surface area contributed by atoms with Gasteiger partial charge in [0.15, 0.2) is 5.13 Å². The van der Waals surface area contributed by atoms with Crippen LogP contribution in [0.2, 0.25) is 0 Å². The maximum absolute atomic E-state index is 13.8. The number of nitrogens with zero attached hydrogens (tertiary/aromatic N) is 2. The molecule has 0 aliphatic heterocycles. The van der Waals surface area contributed by atoms with E-state index < -0.39 is 11.9 Å². The molecule has 0 aliphatic rings. The monoisotopic (exact) mass is 347 g/mol. The van der Waals surface area contributed by atoms with Gasteiger partial charge < -0.3 is 9.30 Å². The van der Waals surface area contributed by atoms with Crippen molar-refractivity contribution in [3.8, 4) is 0 Å². The van der Waals surface area contributed by atoms with Crippen LogP contribution in [-0.2, 0) is 11.8 Å². The molecule has 6 nitrogen and oxygen atoms in total. The summed E-state index contributed by atoms with van der Waals surface area (Å²) >= 11 is 1.03. The van der Waals surface area contributed by atoms with Gasteiger partial charge in [0.05, 0.1) is 18.3 Å². The zero-order chi connectivity index (χ0) is 17.4. The lowest BCUT2D eigenvalue weighted by Crippen LogP contribution is -2.15. The number of ether oxygens (including phenoxy) is 1. The van der Waals surface area contributed by atoms with Gasteiger partial charge in [0.25, 0.3) is 5.91 Å². The first-order valence-electron chi connectivity index (χ1n) is 7.03. The van der Waals surface area contributed by atoms with Gasteiger partial charge in [-0.15, -0.1) is 0 Å². The standard InChI is InChI=1S/C16H14FN3O3S/c1-8-13(15(22)23-3)24-16(18-8)19-14(21)12-7-9-10(17)5-4-6-11(9)20(12)2/h4-7H,1-3H3,(H,18,19,21). The number of nitrogens with one attached hydrogen (secondary N) is 1. The number of aryl methyl sites for hydroxylation is 2. The SMILES string of the molecule is COC(=O)c1sc(NC(=O)c2cc3c(F)cccc3n2C)nc1C. The molecule has 8 heteroatoms. The molecule has 3 rings (SSSR count). The van der Waals surface area contributed by atoms with Crippen molar-refractivity contribution in [3.05, 3.63) is 46.3 Å². The van der Waals surface area contributed by atoms with Crippen molar-refractivity contribution in [1.29, 1.82) is 0 Å². The van der Waals surface area contributed by atoms with E-state index in [1.165, 1.54) is 19.2 Å². The lowest BCUT2D eigenvalue weighted by molar-refractivity contribution is 0.0605. The quantitative estimate of drug-likeness (QED) is 0.739. The fourth-order valence-electron chi connectivity index (χ4n) is 2.44. The van der Waals surface area contributed by atoms with Crippen LogP contribution in [0, 0.1) is 12.7 Å². The molecular weight excluding hydrogens is 333 g/mol. The summed E-state index contributed by atoms with van der Waals surface area (Å²) in [6, 6.07) is 6.16. The zero-order valence-corrected chi connectivity index (χ0v) is 14.0. The minimum absolute atomic E-state index is 0.281. The number of benzene rings is 1. The summed E-state index contributed by atoms with van der Waals surface area (Å²) in [4.78, 5) is 28.6. The maximum atomic E-state index is 13.8.